The molecule has 4 rings (SSSR count). The normalized spacial score (nSPS) is 16.4. The summed E-state index contributed by atoms with van der Waals surface area (Å²) in [6, 6.07) is 11.0. The molecule has 1 aliphatic heterocycles. The maximum atomic E-state index is 12.7. The van der Waals surface area contributed by atoms with Gasteiger partial charge in [-0.05, 0) is 31.2 Å². The molecule has 128 valence electrons. The lowest BCUT2D eigenvalue weighted by molar-refractivity contribution is -0.119. The van der Waals surface area contributed by atoms with Gasteiger partial charge >= 0.3 is 0 Å². The summed E-state index contributed by atoms with van der Waals surface area (Å²) in [5.74, 6) is 2.07. The van der Waals surface area contributed by atoms with E-state index in [9.17, 15) is 4.79 Å². The van der Waals surface area contributed by atoms with E-state index in [1.807, 2.05) is 31.2 Å². The molecule has 3 aromatic rings. The van der Waals surface area contributed by atoms with Gasteiger partial charge in [0.05, 0.1) is 18.0 Å². The Labute approximate surface area is 144 Å². The molecule has 0 spiro atoms. The van der Waals surface area contributed by atoms with Crippen molar-refractivity contribution in [3.63, 3.8) is 0 Å². The molecule has 3 heterocycles. The second-order valence-electron chi connectivity index (χ2n) is 5.88. The molecule has 0 N–H and O–H groups in total. The first-order valence-electron chi connectivity index (χ1n) is 8.13. The number of carbonyl (C=O) groups excluding carboxylic acids is 1. The van der Waals surface area contributed by atoms with Gasteiger partial charge in [0, 0.05) is 12.8 Å². The van der Waals surface area contributed by atoms with Crippen LogP contribution in [0.15, 0.2) is 51.6 Å². The third-order valence-electron chi connectivity index (χ3n) is 4.08. The van der Waals surface area contributed by atoms with E-state index in [0.717, 1.165) is 11.4 Å². The first kappa shape index (κ1) is 15.4. The zero-order chi connectivity index (χ0) is 17.2. The number of aryl methyl sites for hydroxylation is 1. The summed E-state index contributed by atoms with van der Waals surface area (Å²) in [4.78, 5) is 18.8. The molecule has 7 nitrogen and oxygen atoms in total. The van der Waals surface area contributed by atoms with Crippen LogP contribution in [-0.2, 0) is 11.2 Å². The molecule has 0 bridgehead atoms. The van der Waals surface area contributed by atoms with Crippen molar-refractivity contribution < 1.29 is 18.5 Å². The van der Waals surface area contributed by atoms with Gasteiger partial charge in [0.15, 0.2) is 5.76 Å². The van der Waals surface area contributed by atoms with Crippen molar-refractivity contribution in [2.45, 2.75) is 25.8 Å². The van der Waals surface area contributed by atoms with Gasteiger partial charge in [0.2, 0.25) is 17.6 Å². The summed E-state index contributed by atoms with van der Waals surface area (Å²) >= 11 is 0. The molecular weight excluding hydrogens is 322 g/mol. The van der Waals surface area contributed by atoms with Crippen LogP contribution < -0.4 is 9.64 Å². The van der Waals surface area contributed by atoms with Gasteiger partial charge in [-0.1, -0.05) is 17.3 Å². The van der Waals surface area contributed by atoms with Crippen LogP contribution in [0.1, 0.15) is 19.2 Å². The number of para-hydroxylation sites is 2. The van der Waals surface area contributed by atoms with Crippen molar-refractivity contribution in [3.05, 3.63) is 48.6 Å². The Hall–Kier alpha value is -3.09. The average molecular weight is 339 g/mol. The minimum atomic E-state index is -0.0243. The van der Waals surface area contributed by atoms with Crippen LogP contribution in [0.3, 0.4) is 0 Å². The van der Waals surface area contributed by atoms with Gasteiger partial charge in [0.1, 0.15) is 12.4 Å². The van der Waals surface area contributed by atoms with E-state index in [-0.39, 0.29) is 18.4 Å². The molecule has 1 aromatic carbocycles. The van der Waals surface area contributed by atoms with Crippen LogP contribution in [0, 0.1) is 0 Å². The first-order chi connectivity index (χ1) is 12.2. The number of fused-ring (bicyclic) bond motifs is 1. The second-order valence-corrected chi connectivity index (χ2v) is 5.88. The van der Waals surface area contributed by atoms with Gasteiger partial charge in [-0.2, -0.15) is 4.98 Å². The van der Waals surface area contributed by atoms with E-state index in [0.29, 0.717) is 30.5 Å². The SMILES string of the molecule is C[C@H]1COc2ccccc2N1C(=O)CCc1nc(-c2ccco2)no1. The van der Waals surface area contributed by atoms with Gasteiger partial charge in [0.25, 0.3) is 0 Å². The van der Waals surface area contributed by atoms with Crippen LogP contribution >= 0.6 is 0 Å². The van der Waals surface area contributed by atoms with E-state index in [1.54, 1.807) is 23.3 Å². The molecule has 1 aliphatic rings. The van der Waals surface area contributed by atoms with E-state index in [2.05, 4.69) is 10.1 Å². The number of furan rings is 1. The summed E-state index contributed by atoms with van der Waals surface area (Å²) in [7, 11) is 0. The fourth-order valence-electron chi connectivity index (χ4n) is 2.88. The smallest absolute Gasteiger partial charge is 0.238 e. The van der Waals surface area contributed by atoms with Crippen molar-refractivity contribution >= 4 is 11.6 Å². The van der Waals surface area contributed by atoms with Crippen molar-refractivity contribution in [1.82, 2.24) is 10.1 Å². The molecule has 0 radical (unpaired) electrons. The fourth-order valence-corrected chi connectivity index (χ4v) is 2.88. The number of hydrogen-bond acceptors (Lipinski definition) is 6. The Kier molecular flexibility index (Phi) is 3.97. The quantitative estimate of drug-likeness (QED) is 0.726. The third-order valence-corrected chi connectivity index (χ3v) is 4.08. The fraction of sp³-hybridized carbons (Fsp3) is 0.278. The van der Waals surface area contributed by atoms with Gasteiger partial charge in [-0.3, -0.25) is 4.79 Å². The summed E-state index contributed by atoms with van der Waals surface area (Å²) in [6.45, 7) is 2.45. The Morgan fingerprint density at radius 1 is 1.28 bits per heavy atom. The maximum absolute atomic E-state index is 12.7. The molecule has 25 heavy (non-hydrogen) atoms. The predicted molar refractivity (Wildman–Crippen MR) is 89.2 cm³/mol. The Morgan fingerprint density at radius 2 is 2.16 bits per heavy atom. The molecule has 0 fully saturated rings. The van der Waals surface area contributed by atoms with Crippen LogP contribution in [0.4, 0.5) is 5.69 Å². The lowest BCUT2D eigenvalue weighted by Crippen LogP contribution is -2.45. The number of rotatable bonds is 4. The lowest BCUT2D eigenvalue weighted by atomic mass is 10.1. The van der Waals surface area contributed by atoms with E-state index in [4.69, 9.17) is 13.7 Å². The van der Waals surface area contributed by atoms with E-state index < -0.39 is 0 Å². The summed E-state index contributed by atoms with van der Waals surface area (Å²) in [5, 5.41) is 3.88. The zero-order valence-electron chi connectivity index (χ0n) is 13.7. The molecule has 1 atom stereocenters. The number of ether oxygens (including phenoxy) is 1. The minimum Gasteiger partial charge on any atom is -0.489 e. The zero-order valence-corrected chi connectivity index (χ0v) is 13.7. The summed E-state index contributed by atoms with van der Waals surface area (Å²) in [6.07, 6.45) is 2.20. The highest BCUT2D eigenvalue weighted by Gasteiger charge is 2.29. The van der Waals surface area contributed by atoms with Crippen LogP contribution in [-0.4, -0.2) is 28.7 Å². The predicted octanol–water partition coefficient (Wildman–Crippen LogP) is 3.08. The third kappa shape index (κ3) is 3.00. The van der Waals surface area contributed by atoms with Crippen molar-refractivity contribution in [2.24, 2.45) is 0 Å². The van der Waals surface area contributed by atoms with Crippen LogP contribution in [0.25, 0.3) is 11.6 Å². The molecule has 1 amide bonds. The number of carbonyl (C=O) groups is 1. The number of aromatic nitrogens is 2. The monoisotopic (exact) mass is 339 g/mol. The van der Waals surface area contributed by atoms with Gasteiger partial charge in [-0.25, -0.2) is 0 Å². The summed E-state index contributed by atoms with van der Waals surface area (Å²) < 4.78 is 16.1. The standard InChI is InChI=1S/C18H17N3O4/c1-12-11-24-14-6-3-2-5-13(14)21(12)17(22)9-8-16-19-18(20-25-16)15-7-4-10-23-15/h2-7,10,12H,8-9,11H2,1H3/t12-/m0/s1. The largest absolute Gasteiger partial charge is 0.489 e. The van der Waals surface area contributed by atoms with Crippen molar-refractivity contribution in [1.29, 1.82) is 0 Å². The Morgan fingerprint density at radius 3 is 3.00 bits per heavy atom. The minimum absolute atomic E-state index is 0.000925. The maximum Gasteiger partial charge on any atom is 0.238 e. The van der Waals surface area contributed by atoms with Crippen LogP contribution in [0.2, 0.25) is 0 Å². The Balaban J connectivity index is 1.46. The highest BCUT2D eigenvalue weighted by atomic mass is 16.5. The average Bonchev–Trinajstić information content (AvgIpc) is 3.31. The second kappa shape index (κ2) is 6.43. The molecular formula is C18H17N3O4. The molecule has 0 aliphatic carbocycles. The number of amides is 1. The highest BCUT2D eigenvalue weighted by molar-refractivity contribution is 5.96. The van der Waals surface area contributed by atoms with Crippen LogP contribution in [0.5, 0.6) is 5.75 Å². The van der Waals surface area contributed by atoms with E-state index >= 15 is 0 Å². The number of anilines is 1. The summed E-state index contributed by atoms with van der Waals surface area (Å²) in [5.41, 5.74) is 0.799. The topological polar surface area (TPSA) is 81.6 Å². The van der Waals surface area contributed by atoms with E-state index in [1.165, 1.54) is 0 Å². The molecule has 0 saturated heterocycles. The van der Waals surface area contributed by atoms with Crippen molar-refractivity contribution in [3.8, 4) is 17.3 Å². The van der Waals surface area contributed by atoms with Crippen molar-refractivity contribution in [2.75, 3.05) is 11.5 Å². The molecule has 2 aromatic heterocycles. The van der Waals surface area contributed by atoms with Gasteiger partial charge < -0.3 is 18.6 Å². The van der Waals surface area contributed by atoms with Gasteiger partial charge in [-0.15, -0.1) is 0 Å². The molecule has 0 saturated carbocycles. The Bertz CT molecular complexity index is 872. The molecule has 7 heteroatoms. The lowest BCUT2D eigenvalue weighted by Gasteiger charge is -2.35. The highest BCUT2D eigenvalue weighted by Crippen LogP contribution is 2.34. The molecule has 0 unspecified atom stereocenters. The number of benzene rings is 1. The number of nitrogens with zero attached hydrogens (tertiary/aromatic N) is 3. The first-order valence-corrected chi connectivity index (χ1v) is 8.13. The number of hydrogen-bond donors (Lipinski definition) is 0.